The van der Waals surface area contributed by atoms with Crippen LogP contribution in [0.2, 0.25) is 5.02 Å². The first-order valence-corrected chi connectivity index (χ1v) is 22.8. The number of nitrogen functional groups attached to an aromatic ring is 1. The number of piperazine rings is 1. The van der Waals surface area contributed by atoms with E-state index in [4.69, 9.17) is 28.5 Å². The van der Waals surface area contributed by atoms with Gasteiger partial charge in [-0.25, -0.2) is 4.98 Å². The Bertz CT molecular complexity index is 2760. The van der Waals surface area contributed by atoms with Gasteiger partial charge in [0.05, 0.1) is 42.3 Å². The van der Waals surface area contributed by atoms with Crippen LogP contribution in [0.1, 0.15) is 77.4 Å². The van der Waals surface area contributed by atoms with E-state index >= 15 is 0 Å². The molecule has 346 valence electrons. The normalized spacial score (nSPS) is 18.9. The Hall–Kier alpha value is -7.02. The highest BCUT2D eigenvalue weighted by Gasteiger charge is 2.45. The fraction of sp³-hybridized carbons (Fsp3) is 0.354. The summed E-state index contributed by atoms with van der Waals surface area (Å²) in [6, 6.07) is 19.6. The highest BCUT2D eigenvalue weighted by atomic mass is 35.5. The molecule has 6 amide bonds. The molecule has 6 heterocycles. The Morgan fingerprint density at radius 3 is 2.39 bits per heavy atom. The second-order valence-electron chi connectivity index (χ2n) is 17.1. The molecule has 18 nitrogen and oxygen atoms in total. The van der Waals surface area contributed by atoms with Gasteiger partial charge in [0, 0.05) is 68.2 Å². The Labute approximate surface area is 392 Å². The number of fused-ring (bicyclic) bond motifs is 1. The number of imide groups is 2. The molecule has 0 saturated carbocycles. The van der Waals surface area contributed by atoms with E-state index in [0.29, 0.717) is 46.3 Å². The molecule has 4 aliphatic heterocycles. The van der Waals surface area contributed by atoms with E-state index in [1.165, 1.54) is 18.2 Å². The molecule has 0 spiro atoms. The molecule has 0 radical (unpaired) electrons. The summed E-state index contributed by atoms with van der Waals surface area (Å²) < 4.78 is 16.2. The molecule has 9 rings (SSSR count). The quantitative estimate of drug-likeness (QED) is 0.134. The van der Waals surface area contributed by atoms with Crippen molar-refractivity contribution >= 4 is 58.5 Å². The predicted octanol–water partition coefficient (Wildman–Crippen LogP) is 4.00. The van der Waals surface area contributed by atoms with Crippen LogP contribution in [0.3, 0.4) is 0 Å². The molecule has 1 unspecified atom stereocenters. The standard InChI is InChI=1S/C48H50ClN11O7/c49-32-8-4-9-33(24-32)53-46(64)42(30-6-2-1-3-7-30)44-43(51-27-39(50)54-44)31-26-52-59(28-31)34-14-18-56(19-15-34)16-5-17-57-20-22-58(23-21-57)41(62)29-67-35-10-11-36-37(25-35)48(66)60(47(36)65)38-12-13-40(61)55-45(38)63/h1-4,6-11,24-28,34,38,42H,5,12-23,29H2,(H2,50,54)(H,53,64)(H,55,61,63)/t38?,42-/m1/s1/i27D. The Morgan fingerprint density at radius 2 is 1.64 bits per heavy atom. The van der Waals surface area contributed by atoms with Crippen LogP contribution in [0.4, 0.5) is 11.5 Å². The zero-order chi connectivity index (χ0) is 47.5. The SMILES string of the molecule is [2H]c1nc(-c2cnn(C3CCN(CCCN4CCN(C(=O)COc5ccc6c(c5)C(=O)N(C5CCC(=O)NC5=O)C6=O)CC4)CC3)c2)c([C@H](C(=O)Nc2cccc(Cl)c2)c2ccccc2)nc1N. The molecule has 4 aliphatic rings. The minimum Gasteiger partial charge on any atom is -0.484 e. The number of likely N-dealkylation sites (tertiary alicyclic amines) is 1. The number of nitrogens with zero attached hydrogens (tertiary/aromatic N) is 8. The van der Waals surface area contributed by atoms with Gasteiger partial charge in [-0.05, 0) is 80.7 Å². The third kappa shape index (κ3) is 10.1. The van der Waals surface area contributed by atoms with Gasteiger partial charge in [0.1, 0.15) is 23.5 Å². The zero-order valence-corrected chi connectivity index (χ0v) is 37.4. The number of piperidine rings is 2. The van der Waals surface area contributed by atoms with E-state index in [1.807, 2.05) is 41.2 Å². The topological polar surface area (TPSA) is 218 Å². The highest BCUT2D eigenvalue weighted by Crippen LogP contribution is 2.35. The molecule has 0 aliphatic carbocycles. The third-order valence-electron chi connectivity index (χ3n) is 12.8. The maximum absolute atomic E-state index is 14.1. The largest absolute Gasteiger partial charge is 0.484 e. The van der Waals surface area contributed by atoms with Crippen LogP contribution in [0, 0.1) is 0 Å². The molecule has 2 aromatic heterocycles. The number of ether oxygens (including phenoxy) is 1. The van der Waals surface area contributed by atoms with Crippen molar-refractivity contribution in [2.24, 2.45) is 0 Å². The van der Waals surface area contributed by atoms with Crippen molar-refractivity contribution in [2.75, 3.05) is 70.0 Å². The first kappa shape index (κ1) is 43.9. The van der Waals surface area contributed by atoms with Crippen LogP contribution in [-0.2, 0) is 19.2 Å². The molecule has 19 heteroatoms. The van der Waals surface area contributed by atoms with E-state index in [0.717, 1.165) is 63.4 Å². The fourth-order valence-electron chi connectivity index (χ4n) is 9.23. The summed E-state index contributed by atoms with van der Waals surface area (Å²) >= 11 is 6.22. The number of carbonyl (C=O) groups is 6. The van der Waals surface area contributed by atoms with Crippen molar-refractivity contribution in [2.45, 2.75) is 50.1 Å². The lowest BCUT2D eigenvalue weighted by Crippen LogP contribution is -2.54. The van der Waals surface area contributed by atoms with Gasteiger partial charge >= 0.3 is 0 Å². The van der Waals surface area contributed by atoms with Crippen molar-refractivity contribution in [1.29, 1.82) is 0 Å². The van der Waals surface area contributed by atoms with Gasteiger partial charge in [-0.2, -0.15) is 5.10 Å². The molecular weight excluding hydrogens is 878 g/mol. The van der Waals surface area contributed by atoms with E-state index < -0.39 is 35.6 Å². The summed E-state index contributed by atoms with van der Waals surface area (Å²) in [5.41, 5.74) is 8.91. The van der Waals surface area contributed by atoms with Crippen molar-refractivity contribution in [3.8, 4) is 17.0 Å². The Morgan fingerprint density at radius 1 is 0.896 bits per heavy atom. The maximum atomic E-state index is 14.1. The number of hydrogen-bond donors (Lipinski definition) is 3. The number of halogens is 1. The molecule has 3 fully saturated rings. The number of nitrogens with two attached hydrogens (primary N) is 1. The van der Waals surface area contributed by atoms with Crippen molar-refractivity contribution in [1.82, 2.24) is 44.7 Å². The lowest BCUT2D eigenvalue weighted by Gasteiger charge is -2.36. The second kappa shape index (κ2) is 19.8. The third-order valence-corrected chi connectivity index (χ3v) is 13.0. The van der Waals surface area contributed by atoms with Crippen molar-refractivity contribution in [3.05, 3.63) is 119 Å². The number of rotatable bonds is 14. The second-order valence-corrected chi connectivity index (χ2v) is 17.5. The summed E-state index contributed by atoms with van der Waals surface area (Å²) in [4.78, 5) is 94.0. The predicted molar refractivity (Wildman–Crippen MR) is 247 cm³/mol. The fourth-order valence-corrected chi connectivity index (χ4v) is 9.42. The van der Waals surface area contributed by atoms with Crippen molar-refractivity contribution in [3.63, 3.8) is 0 Å². The maximum Gasteiger partial charge on any atom is 0.262 e. The Kier molecular flexibility index (Phi) is 13.0. The van der Waals surface area contributed by atoms with Gasteiger partial charge in [0.25, 0.3) is 17.7 Å². The molecule has 2 atom stereocenters. The number of carbonyl (C=O) groups excluding carboxylic acids is 6. The number of hydrogen-bond acceptors (Lipinski definition) is 13. The van der Waals surface area contributed by atoms with Crippen LogP contribution in [0.25, 0.3) is 11.3 Å². The first-order valence-electron chi connectivity index (χ1n) is 22.9. The summed E-state index contributed by atoms with van der Waals surface area (Å²) in [6.45, 7) is 6.03. The van der Waals surface area contributed by atoms with Crippen LogP contribution in [0.15, 0.2) is 91.4 Å². The van der Waals surface area contributed by atoms with E-state index in [1.54, 1.807) is 35.4 Å². The van der Waals surface area contributed by atoms with Crippen LogP contribution < -0.4 is 21.1 Å². The average Bonchev–Trinajstić information content (AvgIpc) is 3.92. The minimum absolute atomic E-state index is 0.0312. The van der Waals surface area contributed by atoms with E-state index in [-0.39, 0.29) is 66.2 Å². The van der Waals surface area contributed by atoms with Crippen molar-refractivity contribution < 1.29 is 34.9 Å². The van der Waals surface area contributed by atoms with E-state index in [2.05, 4.69) is 30.4 Å². The zero-order valence-electron chi connectivity index (χ0n) is 37.6. The first-order chi connectivity index (χ1) is 32.9. The number of benzene rings is 3. The summed E-state index contributed by atoms with van der Waals surface area (Å²) in [5, 5.41) is 10.4. The number of aromatic nitrogens is 4. The molecular formula is C48H50ClN11O7. The van der Waals surface area contributed by atoms with Gasteiger partial charge < -0.3 is 25.6 Å². The molecule has 3 aromatic carbocycles. The monoisotopic (exact) mass is 928 g/mol. The minimum atomic E-state index is -1.06. The van der Waals surface area contributed by atoms with Gasteiger partial charge in [-0.3, -0.25) is 53.5 Å². The van der Waals surface area contributed by atoms with Gasteiger partial charge in [0.2, 0.25) is 17.7 Å². The Balaban J connectivity index is 0.734. The molecule has 5 aromatic rings. The number of amides is 6. The van der Waals surface area contributed by atoms with Gasteiger partial charge in [0.15, 0.2) is 6.61 Å². The van der Waals surface area contributed by atoms with Crippen LogP contribution in [-0.4, -0.2) is 140 Å². The van der Waals surface area contributed by atoms with E-state index in [9.17, 15) is 28.8 Å². The summed E-state index contributed by atoms with van der Waals surface area (Å²) in [7, 11) is 0. The van der Waals surface area contributed by atoms with Gasteiger partial charge in [-0.15, -0.1) is 0 Å². The smallest absolute Gasteiger partial charge is 0.262 e. The van der Waals surface area contributed by atoms with Crippen LogP contribution >= 0.6 is 11.6 Å². The highest BCUT2D eigenvalue weighted by molar-refractivity contribution is 6.31. The number of nitrogens with one attached hydrogen (secondary N) is 2. The number of anilines is 2. The molecule has 4 N–H and O–H groups in total. The van der Waals surface area contributed by atoms with Crippen LogP contribution in [0.5, 0.6) is 5.75 Å². The average molecular weight is 929 g/mol. The summed E-state index contributed by atoms with van der Waals surface area (Å²) in [6.07, 6.45) is 6.29. The lowest BCUT2D eigenvalue weighted by molar-refractivity contribution is -0.136. The van der Waals surface area contributed by atoms with Gasteiger partial charge in [-0.1, -0.05) is 48.0 Å². The summed E-state index contributed by atoms with van der Waals surface area (Å²) in [5.74, 6) is -3.63. The lowest BCUT2D eigenvalue weighted by atomic mass is 9.91. The molecule has 0 bridgehead atoms. The molecule has 3 saturated heterocycles. The molecule has 67 heavy (non-hydrogen) atoms.